The number of carbonyl (C=O) groups excluding carboxylic acids is 3. The Morgan fingerprint density at radius 2 is 1.44 bits per heavy atom. The molecule has 0 unspecified atom stereocenters. The van der Waals surface area contributed by atoms with E-state index < -0.39 is 17.8 Å². The normalized spacial score (nSPS) is 10.0. The molecule has 0 saturated heterocycles. The molecule has 0 fully saturated rings. The molecule has 0 heterocycles. The quantitative estimate of drug-likeness (QED) is 0.751. The number of ether oxygens (including phenoxy) is 3. The minimum absolute atomic E-state index is 0.142. The molecule has 7 heteroatoms. The Morgan fingerprint density at radius 3 is 1.96 bits per heavy atom. The van der Waals surface area contributed by atoms with Gasteiger partial charge in [0.1, 0.15) is 5.75 Å². The number of benzene rings is 2. The van der Waals surface area contributed by atoms with Crippen LogP contribution in [0.2, 0.25) is 0 Å². The highest BCUT2D eigenvalue weighted by molar-refractivity contribution is 6.06. The van der Waals surface area contributed by atoms with Crippen LogP contribution >= 0.6 is 0 Å². The van der Waals surface area contributed by atoms with Crippen molar-refractivity contribution in [1.82, 2.24) is 0 Å². The van der Waals surface area contributed by atoms with Gasteiger partial charge in [-0.1, -0.05) is 6.07 Å². The van der Waals surface area contributed by atoms with E-state index in [1.165, 1.54) is 25.3 Å². The number of esters is 2. The minimum Gasteiger partial charge on any atom is -0.497 e. The van der Waals surface area contributed by atoms with E-state index in [0.29, 0.717) is 11.3 Å². The van der Waals surface area contributed by atoms with Crippen molar-refractivity contribution in [3.63, 3.8) is 0 Å². The van der Waals surface area contributed by atoms with Crippen LogP contribution in [0.5, 0.6) is 5.75 Å². The fourth-order valence-corrected chi connectivity index (χ4v) is 2.33. The summed E-state index contributed by atoms with van der Waals surface area (Å²) in [7, 11) is 1.51. The molecule has 0 aliphatic carbocycles. The highest BCUT2D eigenvalue weighted by Crippen LogP contribution is 2.19. The lowest BCUT2D eigenvalue weighted by Crippen LogP contribution is -2.15. The number of hydrogen-bond acceptors (Lipinski definition) is 6. The van der Waals surface area contributed by atoms with Gasteiger partial charge in [-0.05, 0) is 50.2 Å². The van der Waals surface area contributed by atoms with Crippen LogP contribution in [0.25, 0.3) is 0 Å². The second-order valence-electron chi connectivity index (χ2n) is 5.43. The fraction of sp³-hybridized carbons (Fsp3) is 0.250. The summed E-state index contributed by atoms with van der Waals surface area (Å²) in [6.07, 6.45) is 0. The summed E-state index contributed by atoms with van der Waals surface area (Å²) in [6.45, 7) is 3.74. The number of anilines is 1. The Bertz CT molecular complexity index is 810. The summed E-state index contributed by atoms with van der Waals surface area (Å²) in [5.74, 6) is -1.07. The molecule has 142 valence electrons. The summed E-state index contributed by atoms with van der Waals surface area (Å²) in [5.41, 5.74) is 0.927. The van der Waals surface area contributed by atoms with Gasteiger partial charge < -0.3 is 19.5 Å². The van der Waals surface area contributed by atoms with Gasteiger partial charge in [0.25, 0.3) is 5.91 Å². The molecular weight excluding hydrogens is 350 g/mol. The van der Waals surface area contributed by atoms with Gasteiger partial charge in [0.2, 0.25) is 0 Å². The molecule has 27 heavy (non-hydrogen) atoms. The van der Waals surface area contributed by atoms with Crippen molar-refractivity contribution in [1.29, 1.82) is 0 Å². The van der Waals surface area contributed by atoms with Gasteiger partial charge in [-0.25, -0.2) is 9.59 Å². The molecule has 2 rings (SSSR count). The van der Waals surface area contributed by atoms with Crippen LogP contribution < -0.4 is 10.1 Å². The number of hydrogen-bond donors (Lipinski definition) is 1. The first-order chi connectivity index (χ1) is 13.0. The second-order valence-corrected chi connectivity index (χ2v) is 5.43. The van der Waals surface area contributed by atoms with Crippen LogP contribution in [0.4, 0.5) is 5.69 Å². The largest absolute Gasteiger partial charge is 0.497 e. The molecule has 0 atom stereocenters. The molecular formula is C20H21NO6. The molecule has 0 aromatic heterocycles. The topological polar surface area (TPSA) is 90.9 Å². The number of amides is 1. The number of rotatable bonds is 7. The van der Waals surface area contributed by atoms with Gasteiger partial charge in [-0.2, -0.15) is 0 Å². The third-order valence-corrected chi connectivity index (χ3v) is 3.55. The first kappa shape index (κ1) is 20.0. The Labute approximate surface area is 157 Å². The van der Waals surface area contributed by atoms with Crippen LogP contribution in [-0.4, -0.2) is 38.2 Å². The molecule has 1 N–H and O–H groups in total. The standard InChI is InChI=1S/C20H21NO6/c1-4-26-19(23)14-9-15(20(24)27-5-2)11-16(10-14)21-18(22)13-7-6-8-17(12-13)25-3/h6-12H,4-5H2,1-3H3,(H,21,22). The first-order valence-electron chi connectivity index (χ1n) is 8.43. The highest BCUT2D eigenvalue weighted by Gasteiger charge is 2.16. The minimum atomic E-state index is -0.597. The predicted octanol–water partition coefficient (Wildman–Crippen LogP) is 3.30. The highest BCUT2D eigenvalue weighted by atomic mass is 16.5. The van der Waals surface area contributed by atoms with Gasteiger partial charge in [0.05, 0.1) is 31.5 Å². The van der Waals surface area contributed by atoms with Crippen molar-refractivity contribution >= 4 is 23.5 Å². The summed E-state index contributed by atoms with van der Waals surface area (Å²) in [6, 6.07) is 10.9. The molecule has 0 bridgehead atoms. The van der Waals surface area contributed by atoms with Crippen molar-refractivity contribution < 1.29 is 28.6 Å². The van der Waals surface area contributed by atoms with Crippen LogP contribution in [0, 0.1) is 0 Å². The third kappa shape index (κ3) is 5.31. The average Bonchev–Trinajstić information content (AvgIpc) is 2.68. The van der Waals surface area contributed by atoms with E-state index >= 15 is 0 Å². The van der Waals surface area contributed by atoms with Gasteiger partial charge in [0.15, 0.2) is 0 Å². The SMILES string of the molecule is CCOC(=O)c1cc(NC(=O)c2cccc(OC)c2)cc(C(=O)OCC)c1. The second kappa shape index (κ2) is 9.38. The molecule has 0 aliphatic heterocycles. The lowest BCUT2D eigenvalue weighted by molar-refractivity contribution is 0.0525. The van der Waals surface area contributed by atoms with Gasteiger partial charge >= 0.3 is 11.9 Å². The van der Waals surface area contributed by atoms with E-state index in [-0.39, 0.29) is 30.0 Å². The van der Waals surface area contributed by atoms with Gasteiger partial charge in [0, 0.05) is 11.3 Å². The summed E-state index contributed by atoms with van der Waals surface area (Å²) < 4.78 is 15.1. The average molecular weight is 371 g/mol. The Kier molecular flexibility index (Phi) is 6.93. The van der Waals surface area contributed by atoms with Gasteiger partial charge in [-0.3, -0.25) is 4.79 Å². The van der Waals surface area contributed by atoms with Crippen LogP contribution in [-0.2, 0) is 9.47 Å². The molecule has 0 spiro atoms. The molecule has 2 aromatic rings. The third-order valence-electron chi connectivity index (χ3n) is 3.55. The van der Waals surface area contributed by atoms with Crippen molar-refractivity contribution in [2.45, 2.75) is 13.8 Å². The van der Waals surface area contributed by atoms with Crippen LogP contribution in [0.15, 0.2) is 42.5 Å². The van der Waals surface area contributed by atoms with E-state index in [9.17, 15) is 14.4 Å². The van der Waals surface area contributed by atoms with Crippen LogP contribution in [0.3, 0.4) is 0 Å². The summed E-state index contributed by atoms with van der Waals surface area (Å²) in [5, 5.41) is 2.67. The zero-order valence-electron chi connectivity index (χ0n) is 15.4. The van der Waals surface area contributed by atoms with Gasteiger partial charge in [-0.15, -0.1) is 0 Å². The van der Waals surface area contributed by atoms with E-state index in [1.54, 1.807) is 38.1 Å². The maximum Gasteiger partial charge on any atom is 0.338 e. The van der Waals surface area contributed by atoms with Crippen molar-refractivity contribution in [3.05, 3.63) is 59.2 Å². The maximum atomic E-state index is 12.5. The molecule has 0 radical (unpaired) electrons. The lowest BCUT2D eigenvalue weighted by Gasteiger charge is -2.11. The Hall–Kier alpha value is -3.35. The lowest BCUT2D eigenvalue weighted by atomic mass is 10.1. The fourth-order valence-electron chi connectivity index (χ4n) is 2.33. The van der Waals surface area contributed by atoms with E-state index in [0.717, 1.165) is 0 Å². The van der Waals surface area contributed by atoms with Crippen molar-refractivity contribution in [3.8, 4) is 5.75 Å². The first-order valence-corrected chi connectivity index (χ1v) is 8.43. The smallest absolute Gasteiger partial charge is 0.338 e. The zero-order chi connectivity index (χ0) is 19.8. The van der Waals surface area contributed by atoms with E-state index in [1.807, 2.05) is 0 Å². The van der Waals surface area contributed by atoms with E-state index in [4.69, 9.17) is 14.2 Å². The molecule has 0 aliphatic rings. The maximum absolute atomic E-state index is 12.5. The Morgan fingerprint density at radius 1 is 0.852 bits per heavy atom. The molecule has 2 aromatic carbocycles. The van der Waals surface area contributed by atoms with Crippen LogP contribution in [0.1, 0.15) is 44.9 Å². The predicted molar refractivity (Wildman–Crippen MR) is 99.3 cm³/mol. The molecule has 7 nitrogen and oxygen atoms in total. The van der Waals surface area contributed by atoms with E-state index in [2.05, 4.69) is 5.32 Å². The number of carbonyl (C=O) groups is 3. The number of methoxy groups -OCH3 is 1. The van der Waals surface area contributed by atoms with Crippen molar-refractivity contribution in [2.75, 3.05) is 25.6 Å². The molecule has 1 amide bonds. The summed E-state index contributed by atoms with van der Waals surface area (Å²) >= 11 is 0. The number of nitrogens with one attached hydrogen (secondary N) is 1. The Balaban J connectivity index is 2.34. The summed E-state index contributed by atoms with van der Waals surface area (Å²) in [4.78, 5) is 36.6. The molecule has 0 saturated carbocycles. The monoisotopic (exact) mass is 371 g/mol. The zero-order valence-corrected chi connectivity index (χ0v) is 15.4. The van der Waals surface area contributed by atoms with Crippen molar-refractivity contribution in [2.24, 2.45) is 0 Å².